The van der Waals surface area contributed by atoms with Gasteiger partial charge in [0.25, 0.3) is 0 Å². The van der Waals surface area contributed by atoms with Gasteiger partial charge in [-0.25, -0.2) is 4.79 Å². The van der Waals surface area contributed by atoms with Gasteiger partial charge in [-0.1, -0.05) is 6.42 Å². The number of rotatable bonds is 6. The third-order valence-electron chi connectivity index (χ3n) is 4.79. The average molecular weight is 357 g/mol. The van der Waals surface area contributed by atoms with Gasteiger partial charge in [0, 0.05) is 6.61 Å². The molecule has 1 unspecified atom stereocenters. The van der Waals surface area contributed by atoms with Gasteiger partial charge in [-0.15, -0.1) is 0 Å². The molecule has 0 aromatic rings. The first-order valence-electron chi connectivity index (χ1n) is 9.80. The third-order valence-corrected chi connectivity index (χ3v) is 4.79. The summed E-state index contributed by atoms with van der Waals surface area (Å²) in [4.78, 5) is 12.3. The Labute approximate surface area is 152 Å². The van der Waals surface area contributed by atoms with Crippen LogP contribution in [0, 0.1) is 5.92 Å². The zero-order valence-electron chi connectivity index (χ0n) is 16.6. The summed E-state index contributed by atoms with van der Waals surface area (Å²) in [6.45, 7) is 10.6. The Morgan fingerprint density at radius 1 is 1.04 bits per heavy atom. The number of esters is 1. The largest absolute Gasteiger partial charge is 0.458 e. The van der Waals surface area contributed by atoms with E-state index in [1.165, 1.54) is 6.42 Å². The number of hydrogen-bond acceptors (Lipinski definition) is 5. The van der Waals surface area contributed by atoms with Crippen molar-refractivity contribution in [1.82, 2.24) is 0 Å². The van der Waals surface area contributed by atoms with Crippen molar-refractivity contribution in [2.24, 2.45) is 5.92 Å². The second-order valence-electron chi connectivity index (χ2n) is 8.91. The molecule has 1 aliphatic carbocycles. The Morgan fingerprint density at radius 2 is 1.80 bits per heavy atom. The van der Waals surface area contributed by atoms with Gasteiger partial charge in [0.2, 0.25) is 0 Å². The SMILES string of the molecule is CC(C)(C)OC(=O)C(C)(C)OC[C@@H]1CCC[C@H](OC2CCCCO2)C1. The van der Waals surface area contributed by atoms with Crippen LogP contribution in [0.15, 0.2) is 0 Å². The Hall–Kier alpha value is -0.650. The van der Waals surface area contributed by atoms with E-state index in [9.17, 15) is 4.79 Å². The van der Waals surface area contributed by atoms with E-state index in [4.69, 9.17) is 18.9 Å². The summed E-state index contributed by atoms with van der Waals surface area (Å²) in [5.74, 6) is 0.114. The van der Waals surface area contributed by atoms with Gasteiger partial charge >= 0.3 is 5.97 Å². The fourth-order valence-corrected chi connectivity index (χ4v) is 3.34. The molecule has 3 atom stereocenters. The maximum Gasteiger partial charge on any atom is 0.338 e. The molecule has 0 N–H and O–H groups in total. The molecule has 2 aliphatic rings. The molecular formula is C20H36O5. The summed E-state index contributed by atoms with van der Waals surface area (Å²) in [5, 5.41) is 0. The highest BCUT2D eigenvalue weighted by Gasteiger charge is 2.35. The van der Waals surface area contributed by atoms with Gasteiger partial charge in [0.15, 0.2) is 11.9 Å². The molecule has 5 nitrogen and oxygen atoms in total. The van der Waals surface area contributed by atoms with E-state index in [0.29, 0.717) is 12.5 Å². The lowest BCUT2D eigenvalue weighted by Gasteiger charge is -2.35. The summed E-state index contributed by atoms with van der Waals surface area (Å²) in [5.41, 5.74) is -1.42. The molecule has 0 spiro atoms. The fraction of sp³-hybridized carbons (Fsp3) is 0.950. The highest BCUT2D eigenvalue weighted by Crippen LogP contribution is 2.30. The minimum Gasteiger partial charge on any atom is -0.458 e. The van der Waals surface area contributed by atoms with E-state index in [1.807, 2.05) is 20.8 Å². The first-order chi connectivity index (χ1) is 11.7. The molecule has 1 aliphatic heterocycles. The van der Waals surface area contributed by atoms with E-state index in [1.54, 1.807) is 13.8 Å². The first-order valence-corrected chi connectivity index (χ1v) is 9.80. The Bertz CT molecular complexity index is 420. The maximum atomic E-state index is 12.3. The van der Waals surface area contributed by atoms with Crippen molar-refractivity contribution < 1.29 is 23.7 Å². The minimum absolute atomic E-state index is 0.0309. The number of ether oxygens (including phenoxy) is 4. The van der Waals surface area contributed by atoms with Crippen LogP contribution in [-0.2, 0) is 23.7 Å². The van der Waals surface area contributed by atoms with Crippen LogP contribution in [0.4, 0.5) is 0 Å². The number of carbonyl (C=O) groups excluding carboxylic acids is 1. The zero-order valence-corrected chi connectivity index (χ0v) is 16.6. The Balaban J connectivity index is 1.76. The van der Waals surface area contributed by atoms with Crippen LogP contribution in [-0.4, -0.2) is 42.8 Å². The summed E-state index contributed by atoms with van der Waals surface area (Å²) < 4.78 is 23.2. The molecule has 25 heavy (non-hydrogen) atoms. The van der Waals surface area contributed by atoms with Crippen molar-refractivity contribution in [2.75, 3.05) is 13.2 Å². The van der Waals surface area contributed by atoms with Crippen molar-refractivity contribution in [3.05, 3.63) is 0 Å². The number of carbonyl (C=O) groups is 1. The van der Waals surface area contributed by atoms with Crippen molar-refractivity contribution in [1.29, 1.82) is 0 Å². The van der Waals surface area contributed by atoms with Crippen LogP contribution in [0.25, 0.3) is 0 Å². The smallest absolute Gasteiger partial charge is 0.338 e. The molecule has 0 aromatic heterocycles. The van der Waals surface area contributed by atoms with Crippen molar-refractivity contribution in [3.8, 4) is 0 Å². The predicted molar refractivity (Wildman–Crippen MR) is 96.3 cm³/mol. The van der Waals surface area contributed by atoms with Crippen molar-refractivity contribution in [2.45, 2.75) is 103 Å². The lowest BCUT2D eigenvalue weighted by Crippen LogP contribution is -2.42. The van der Waals surface area contributed by atoms with E-state index in [2.05, 4.69) is 0 Å². The zero-order chi connectivity index (χ0) is 18.5. The molecule has 1 saturated carbocycles. The van der Waals surface area contributed by atoms with Crippen LogP contribution in [0.1, 0.15) is 79.6 Å². The van der Waals surface area contributed by atoms with Gasteiger partial charge < -0.3 is 18.9 Å². The predicted octanol–water partition coefficient (Wildman–Crippen LogP) is 4.23. The summed E-state index contributed by atoms with van der Waals surface area (Å²) in [7, 11) is 0. The van der Waals surface area contributed by atoms with Gasteiger partial charge in [0.1, 0.15) is 5.60 Å². The minimum atomic E-state index is -0.923. The topological polar surface area (TPSA) is 54.0 Å². The maximum absolute atomic E-state index is 12.3. The molecule has 146 valence electrons. The summed E-state index contributed by atoms with van der Waals surface area (Å²) >= 11 is 0. The lowest BCUT2D eigenvalue weighted by atomic mass is 9.87. The van der Waals surface area contributed by atoms with E-state index >= 15 is 0 Å². The molecule has 1 saturated heterocycles. The van der Waals surface area contributed by atoms with E-state index < -0.39 is 11.2 Å². The van der Waals surface area contributed by atoms with Crippen LogP contribution in [0.3, 0.4) is 0 Å². The van der Waals surface area contributed by atoms with E-state index in [-0.39, 0.29) is 18.4 Å². The van der Waals surface area contributed by atoms with Gasteiger partial charge in [-0.2, -0.15) is 0 Å². The normalized spacial score (nSPS) is 28.6. The highest BCUT2D eigenvalue weighted by molar-refractivity contribution is 5.78. The molecular weight excluding hydrogens is 320 g/mol. The highest BCUT2D eigenvalue weighted by atomic mass is 16.7. The molecule has 0 radical (unpaired) electrons. The second-order valence-corrected chi connectivity index (χ2v) is 8.91. The Kier molecular flexibility index (Phi) is 7.29. The molecule has 0 aromatic carbocycles. The van der Waals surface area contributed by atoms with Gasteiger partial charge in [-0.05, 0) is 79.1 Å². The van der Waals surface area contributed by atoms with E-state index in [0.717, 1.165) is 45.1 Å². The molecule has 1 heterocycles. The van der Waals surface area contributed by atoms with Crippen LogP contribution < -0.4 is 0 Å². The summed E-state index contributed by atoms with van der Waals surface area (Å²) in [6.07, 6.45) is 7.87. The van der Waals surface area contributed by atoms with Crippen LogP contribution in [0.2, 0.25) is 0 Å². The Morgan fingerprint density at radius 3 is 2.44 bits per heavy atom. The van der Waals surface area contributed by atoms with Crippen molar-refractivity contribution >= 4 is 5.97 Å². The molecule has 0 bridgehead atoms. The molecule has 2 fully saturated rings. The van der Waals surface area contributed by atoms with Crippen molar-refractivity contribution in [3.63, 3.8) is 0 Å². The molecule has 0 amide bonds. The third kappa shape index (κ3) is 7.24. The van der Waals surface area contributed by atoms with Crippen LogP contribution >= 0.6 is 0 Å². The molecule has 2 rings (SSSR count). The molecule has 5 heteroatoms. The van der Waals surface area contributed by atoms with Gasteiger partial charge in [0.05, 0.1) is 12.7 Å². The lowest BCUT2D eigenvalue weighted by molar-refractivity contribution is -0.199. The van der Waals surface area contributed by atoms with Crippen LogP contribution in [0.5, 0.6) is 0 Å². The number of hydrogen-bond donors (Lipinski definition) is 0. The quantitative estimate of drug-likeness (QED) is 0.667. The summed E-state index contributed by atoms with van der Waals surface area (Å²) in [6, 6.07) is 0. The first kappa shape index (κ1) is 20.7. The second kappa shape index (κ2) is 8.83. The fourth-order valence-electron chi connectivity index (χ4n) is 3.34. The standard InChI is InChI=1S/C20H36O5/c1-19(2,3)25-18(21)20(4,5)23-14-15-9-8-10-16(13-15)24-17-11-6-7-12-22-17/h15-17H,6-14H2,1-5H3/t15-,16+,17?/m1/s1. The average Bonchev–Trinajstić information content (AvgIpc) is 2.53. The monoisotopic (exact) mass is 356 g/mol. The van der Waals surface area contributed by atoms with Gasteiger partial charge in [-0.3, -0.25) is 0 Å².